The first-order valence-electron chi connectivity index (χ1n) is 7.76. The average molecular weight is 339 g/mol. The predicted octanol–water partition coefficient (Wildman–Crippen LogP) is 0.800. The molecule has 0 atom stereocenters. The lowest BCUT2D eigenvalue weighted by Crippen LogP contribution is -2.55. The van der Waals surface area contributed by atoms with Gasteiger partial charge in [-0.1, -0.05) is 0 Å². The van der Waals surface area contributed by atoms with Gasteiger partial charge < -0.3 is 9.88 Å². The second-order valence-electron chi connectivity index (χ2n) is 6.61. The number of rotatable bonds is 5. The van der Waals surface area contributed by atoms with Gasteiger partial charge in [0.15, 0.2) is 5.78 Å². The molecule has 0 aliphatic carbocycles. The highest BCUT2D eigenvalue weighted by molar-refractivity contribution is 7.85. The average Bonchev–Trinajstić information content (AvgIpc) is 2.88. The number of amides is 1. The number of aromatic nitrogens is 1. The number of aryl methyl sites for hydroxylation is 1. The summed E-state index contributed by atoms with van der Waals surface area (Å²) in [6, 6.07) is 1.62. The van der Waals surface area contributed by atoms with Gasteiger partial charge in [0, 0.05) is 66.3 Å². The van der Waals surface area contributed by atoms with E-state index in [1.807, 2.05) is 0 Å². The summed E-state index contributed by atoms with van der Waals surface area (Å²) in [5.74, 6) is 1.14. The van der Waals surface area contributed by atoms with E-state index in [0.717, 1.165) is 13.1 Å². The summed E-state index contributed by atoms with van der Waals surface area (Å²) in [5, 5.41) is 2.95. The van der Waals surface area contributed by atoms with Crippen LogP contribution >= 0.6 is 0 Å². The molecule has 0 aromatic carbocycles. The minimum absolute atomic E-state index is 0.0544. The molecule has 6 nitrogen and oxygen atoms in total. The third kappa shape index (κ3) is 4.29. The second kappa shape index (κ2) is 6.97. The fraction of sp³-hybridized carbons (Fsp3) is 0.625. The summed E-state index contributed by atoms with van der Waals surface area (Å²) < 4.78 is 13.1. The summed E-state index contributed by atoms with van der Waals surface area (Å²) >= 11 is 0. The molecule has 0 saturated carbocycles. The molecule has 128 valence electrons. The summed E-state index contributed by atoms with van der Waals surface area (Å²) in [5.41, 5.74) is 0.815. The van der Waals surface area contributed by atoms with Gasteiger partial charge >= 0.3 is 0 Å². The van der Waals surface area contributed by atoms with Crippen molar-refractivity contribution in [3.63, 3.8) is 0 Å². The number of hydrogen-bond acceptors (Lipinski definition) is 4. The molecule has 1 amide bonds. The first kappa shape index (κ1) is 17.9. The molecule has 1 aliphatic heterocycles. The van der Waals surface area contributed by atoms with Crippen molar-refractivity contribution in [2.75, 3.05) is 31.1 Å². The number of Topliss-reactive ketones (excluding diaryl/α,β-unsaturated/α-hetero) is 1. The molecule has 1 saturated heterocycles. The fourth-order valence-electron chi connectivity index (χ4n) is 2.72. The number of nitrogens with zero attached hydrogens (tertiary/aromatic N) is 2. The van der Waals surface area contributed by atoms with E-state index in [4.69, 9.17) is 0 Å². The van der Waals surface area contributed by atoms with E-state index in [-0.39, 0.29) is 17.2 Å². The molecule has 1 fully saturated rings. The van der Waals surface area contributed by atoms with Crippen LogP contribution in [0.2, 0.25) is 0 Å². The van der Waals surface area contributed by atoms with Crippen LogP contribution in [-0.4, -0.2) is 62.0 Å². The van der Waals surface area contributed by atoms with Gasteiger partial charge in [-0.3, -0.25) is 18.7 Å². The van der Waals surface area contributed by atoms with E-state index in [1.165, 1.54) is 6.92 Å². The largest absolute Gasteiger partial charge is 0.349 e. The standard InChI is InChI=1S/C16H25N3O3S/c1-12(20)13-9-14(18(4)10-13)15(21)17-11-16(2,3)19-5-7-23(22)8-6-19/h9-10H,5-8,11H2,1-4H3,(H,17,21). The van der Waals surface area contributed by atoms with Gasteiger partial charge in [0.05, 0.1) is 0 Å². The first-order chi connectivity index (χ1) is 10.7. The molecule has 1 aliphatic rings. The maximum Gasteiger partial charge on any atom is 0.267 e. The van der Waals surface area contributed by atoms with Crippen LogP contribution in [0.15, 0.2) is 12.3 Å². The van der Waals surface area contributed by atoms with Crippen LogP contribution in [0.5, 0.6) is 0 Å². The lowest BCUT2D eigenvalue weighted by Gasteiger charge is -2.40. The van der Waals surface area contributed by atoms with Gasteiger partial charge in [-0.25, -0.2) is 0 Å². The number of ketones is 1. The van der Waals surface area contributed by atoms with Gasteiger partial charge in [0.25, 0.3) is 5.91 Å². The molecule has 0 bridgehead atoms. The zero-order valence-electron chi connectivity index (χ0n) is 14.2. The molecule has 2 heterocycles. The molecule has 2 rings (SSSR count). The second-order valence-corrected chi connectivity index (χ2v) is 8.31. The van der Waals surface area contributed by atoms with E-state index >= 15 is 0 Å². The normalized spacial score (nSPS) is 17.2. The van der Waals surface area contributed by atoms with Crippen molar-refractivity contribution in [1.29, 1.82) is 0 Å². The van der Waals surface area contributed by atoms with Crippen molar-refractivity contribution in [3.8, 4) is 0 Å². The summed E-state index contributed by atoms with van der Waals surface area (Å²) in [7, 11) is 1.05. The molecule has 7 heteroatoms. The van der Waals surface area contributed by atoms with E-state index in [9.17, 15) is 13.8 Å². The van der Waals surface area contributed by atoms with E-state index in [1.54, 1.807) is 23.9 Å². The van der Waals surface area contributed by atoms with Gasteiger partial charge in [-0.2, -0.15) is 0 Å². The lowest BCUT2D eigenvalue weighted by atomic mass is 10.0. The van der Waals surface area contributed by atoms with Gasteiger partial charge in [0.1, 0.15) is 5.69 Å². The number of carbonyl (C=O) groups excluding carboxylic acids is 2. The van der Waals surface area contributed by atoms with Crippen LogP contribution in [0.3, 0.4) is 0 Å². The van der Waals surface area contributed by atoms with E-state index < -0.39 is 10.8 Å². The van der Waals surface area contributed by atoms with Gasteiger partial charge in [-0.15, -0.1) is 0 Å². The van der Waals surface area contributed by atoms with Crippen molar-refractivity contribution in [3.05, 3.63) is 23.5 Å². The van der Waals surface area contributed by atoms with Crippen LogP contribution in [-0.2, 0) is 17.8 Å². The van der Waals surface area contributed by atoms with Crippen molar-refractivity contribution in [2.24, 2.45) is 7.05 Å². The molecular formula is C16H25N3O3S. The molecule has 1 aromatic rings. The van der Waals surface area contributed by atoms with Crippen LogP contribution in [0.25, 0.3) is 0 Å². The van der Waals surface area contributed by atoms with E-state index in [0.29, 0.717) is 29.3 Å². The Morgan fingerprint density at radius 3 is 2.43 bits per heavy atom. The Bertz CT molecular complexity index is 627. The molecule has 23 heavy (non-hydrogen) atoms. The van der Waals surface area contributed by atoms with Gasteiger partial charge in [-0.05, 0) is 26.8 Å². The Hall–Kier alpha value is -1.47. The minimum atomic E-state index is -0.707. The maximum absolute atomic E-state index is 12.4. The zero-order valence-corrected chi connectivity index (χ0v) is 15.0. The van der Waals surface area contributed by atoms with Crippen molar-refractivity contribution in [1.82, 2.24) is 14.8 Å². The lowest BCUT2D eigenvalue weighted by molar-refractivity contribution is 0.0875. The summed E-state index contributed by atoms with van der Waals surface area (Å²) in [6.07, 6.45) is 1.67. The highest BCUT2D eigenvalue weighted by Gasteiger charge is 2.30. The first-order valence-corrected chi connectivity index (χ1v) is 9.25. The van der Waals surface area contributed by atoms with Crippen LogP contribution in [0.4, 0.5) is 0 Å². The highest BCUT2D eigenvalue weighted by Crippen LogP contribution is 2.16. The monoisotopic (exact) mass is 339 g/mol. The number of nitrogens with one attached hydrogen (secondary N) is 1. The fourth-order valence-corrected chi connectivity index (χ4v) is 3.78. The predicted molar refractivity (Wildman–Crippen MR) is 91.3 cm³/mol. The Morgan fingerprint density at radius 2 is 1.91 bits per heavy atom. The van der Waals surface area contributed by atoms with Gasteiger partial charge in [0.2, 0.25) is 0 Å². The Labute approximate surface area is 139 Å². The van der Waals surface area contributed by atoms with Crippen LogP contribution < -0.4 is 5.32 Å². The quantitative estimate of drug-likeness (QED) is 0.806. The Balaban J connectivity index is 1.98. The topological polar surface area (TPSA) is 71.4 Å². The molecule has 0 unspecified atom stereocenters. The van der Waals surface area contributed by atoms with Crippen molar-refractivity contribution >= 4 is 22.5 Å². The minimum Gasteiger partial charge on any atom is -0.349 e. The smallest absolute Gasteiger partial charge is 0.267 e. The Kier molecular flexibility index (Phi) is 5.41. The summed E-state index contributed by atoms with van der Waals surface area (Å²) in [4.78, 5) is 26.0. The maximum atomic E-state index is 12.4. The molecule has 0 spiro atoms. The highest BCUT2D eigenvalue weighted by atomic mass is 32.2. The number of hydrogen-bond donors (Lipinski definition) is 1. The third-order valence-corrected chi connectivity index (χ3v) is 5.64. The van der Waals surface area contributed by atoms with Crippen molar-refractivity contribution < 1.29 is 13.8 Å². The molecule has 1 N–H and O–H groups in total. The summed E-state index contributed by atoms with van der Waals surface area (Å²) in [6.45, 7) is 7.71. The SMILES string of the molecule is CC(=O)c1cc(C(=O)NCC(C)(C)N2CCS(=O)CC2)n(C)c1. The number of carbonyl (C=O) groups is 2. The zero-order chi connectivity index (χ0) is 17.2. The molecular weight excluding hydrogens is 314 g/mol. The Morgan fingerprint density at radius 1 is 1.30 bits per heavy atom. The third-order valence-electron chi connectivity index (χ3n) is 4.36. The van der Waals surface area contributed by atoms with E-state index in [2.05, 4.69) is 24.1 Å². The van der Waals surface area contributed by atoms with Crippen molar-refractivity contribution in [2.45, 2.75) is 26.3 Å². The van der Waals surface area contributed by atoms with Crippen LogP contribution in [0.1, 0.15) is 41.6 Å². The molecule has 1 aromatic heterocycles. The molecule has 0 radical (unpaired) electrons. The van der Waals surface area contributed by atoms with Crippen LogP contribution in [0, 0.1) is 0 Å².